The van der Waals surface area contributed by atoms with Gasteiger partial charge in [-0.15, -0.1) is 0 Å². The lowest BCUT2D eigenvalue weighted by atomic mass is 10.0. The van der Waals surface area contributed by atoms with Gasteiger partial charge in [0, 0.05) is 43.5 Å². The Morgan fingerprint density at radius 3 is 2.51 bits per heavy atom. The lowest BCUT2D eigenvalue weighted by molar-refractivity contribution is 0.0714. The highest BCUT2D eigenvalue weighted by Gasteiger charge is 2.29. The summed E-state index contributed by atoms with van der Waals surface area (Å²) in [6.07, 6.45) is 0.186. The van der Waals surface area contributed by atoms with E-state index in [4.69, 9.17) is 10.00 Å². The highest BCUT2D eigenvalue weighted by molar-refractivity contribution is 6.06. The Hall–Kier alpha value is -4.65. The van der Waals surface area contributed by atoms with Crippen molar-refractivity contribution in [3.05, 3.63) is 93.9 Å². The standard InChI is InChI=1S/C27H19F3N4O3/c28-22-5-1-16(12-23-20-13-18(25(29)30)3-4-19(20)27(36)37-23)11-21(22)26(35)34-9-7-33(8-10-34)24-6-2-17(14-31)15-32-24/h1-6,11-13,15,25H,7-10H2/b23-12-. The Morgan fingerprint density at radius 1 is 1.05 bits per heavy atom. The molecule has 10 heteroatoms. The second-order valence-electron chi connectivity index (χ2n) is 8.54. The molecule has 0 N–H and O–H groups in total. The monoisotopic (exact) mass is 504 g/mol. The van der Waals surface area contributed by atoms with Crippen molar-refractivity contribution in [3.8, 4) is 6.07 Å². The number of carbonyl (C=O) groups excluding carboxylic acids is 2. The van der Waals surface area contributed by atoms with Crippen molar-refractivity contribution >= 4 is 29.5 Å². The molecular formula is C27H19F3N4O3. The summed E-state index contributed by atoms with van der Waals surface area (Å²) in [5, 5.41) is 8.92. The van der Waals surface area contributed by atoms with Crippen LogP contribution in [0.2, 0.25) is 0 Å². The summed E-state index contributed by atoms with van der Waals surface area (Å²) < 4.78 is 46.2. The molecule has 5 rings (SSSR count). The van der Waals surface area contributed by atoms with Gasteiger partial charge in [0.1, 0.15) is 23.5 Å². The first-order valence-corrected chi connectivity index (χ1v) is 11.4. The zero-order valence-corrected chi connectivity index (χ0v) is 19.3. The number of cyclic esters (lactones) is 1. The normalized spacial score (nSPS) is 16.1. The van der Waals surface area contributed by atoms with Crippen LogP contribution in [0.3, 0.4) is 0 Å². The van der Waals surface area contributed by atoms with Gasteiger partial charge in [-0.25, -0.2) is 22.9 Å². The second kappa shape index (κ2) is 9.78. The molecule has 2 aliphatic rings. The molecule has 0 radical (unpaired) electrons. The number of alkyl halides is 2. The third-order valence-corrected chi connectivity index (χ3v) is 6.27. The van der Waals surface area contributed by atoms with Crippen molar-refractivity contribution in [1.82, 2.24) is 9.88 Å². The van der Waals surface area contributed by atoms with Gasteiger partial charge in [0.05, 0.1) is 16.7 Å². The van der Waals surface area contributed by atoms with Crippen molar-refractivity contribution in [2.24, 2.45) is 0 Å². The number of rotatable bonds is 4. The van der Waals surface area contributed by atoms with E-state index >= 15 is 0 Å². The first kappa shape index (κ1) is 24.1. The number of piperazine rings is 1. The Labute approximate surface area is 210 Å². The molecule has 0 bridgehead atoms. The SMILES string of the molecule is N#Cc1ccc(N2CCN(C(=O)c3cc(/C=C4\OC(=O)c5ccc(C(F)F)cc54)ccc3F)CC2)nc1. The highest BCUT2D eigenvalue weighted by Crippen LogP contribution is 2.34. The first-order valence-electron chi connectivity index (χ1n) is 11.4. The summed E-state index contributed by atoms with van der Waals surface area (Å²) in [6.45, 7) is 1.64. The van der Waals surface area contributed by atoms with Gasteiger partial charge >= 0.3 is 5.97 Å². The third-order valence-electron chi connectivity index (χ3n) is 6.27. The number of hydrogen-bond acceptors (Lipinski definition) is 6. The zero-order chi connectivity index (χ0) is 26.1. The number of hydrogen-bond donors (Lipinski definition) is 0. The second-order valence-corrected chi connectivity index (χ2v) is 8.54. The number of pyridine rings is 1. The fraction of sp³-hybridized carbons (Fsp3) is 0.185. The van der Waals surface area contributed by atoms with Gasteiger partial charge in [0.2, 0.25) is 0 Å². The molecule has 3 aromatic rings. The van der Waals surface area contributed by atoms with Gasteiger partial charge in [-0.2, -0.15) is 5.26 Å². The number of esters is 1. The number of ether oxygens (including phenoxy) is 1. The molecule has 2 aromatic carbocycles. The van der Waals surface area contributed by atoms with Crippen LogP contribution >= 0.6 is 0 Å². The average molecular weight is 504 g/mol. The van der Waals surface area contributed by atoms with Gasteiger partial charge < -0.3 is 14.5 Å². The maximum absolute atomic E-state index is 14.7. The van der Waals surface area contributed by atoms with E-state index in [0.717, 1.165) is 6.07 Å². The first-order chi connectivity index (χ1) is 17.8. The molecule has 0 unspecified atom stereocenters. The highest BCUT2D eigenvalue weighted by atomic mass is 19.3. The predicted molar refractivity (Wildman–Crippen MR) is 128 cm³/mol. The molecule has 1 aromatic heterocycles. The van der Waals surface area contributed by atoms with Crippen LogP contribution < -0.4 is 4.90 Å². The number of benzene rings is 2. The molecule has 3 heterocycles. The van der Waals surface area contributed by atoms with Crippen molar-refractivity contribution in [3.63, 3.8) is 0 Å². The van der Waals surface area contributed by atoms with E-state index < -0.39 is 24.1 Å². The van der Waals surface area contributed by atoms with Gasteiger partial charge in [0.15, 0.2) is 0 Å². The molecule has 0 atom stereocenters. The molecule has 0 aliphatic carbocycles. The van der Waals surface area contributed by atoms with Crippen molar-refractivity contribution in [1.29, 1.82) is 5.26 Å². The summed E-state index contributed by atoms with van der Waals surface area (Å²) >= 11 is 0. The van der Waals surface area contributed by atoms with Crippen LogP contribution in [-0.2, 0) is 4.74 Å². The smallest absolute Gasteiger partial charge is 0.344 e. The minimum absolute atomic E-state index is 0.0519. The number of anilines is 1. The van der Waals surface area contributed by atoms with Gasteiger partial charge in [-0.05, 0) is 48.0 Å². The van der Waals surface area contributed by atoms with Gasteiger partial charge in [0.25, 0.3) is 12.3 Å². The molecule has 1 saturated heterocycles. The molecule has 7 nitrogen and oxygen atoms in total. The van der Waals surface area contributed by atoms with Crippen LogP contribution in [0.4, 0.5) is 19.0 Å². The van der Waals surface area contributed by atoms with E-state index in [1.165, 1.54) is 47.5 Å². The van der Waals surface area contributed by atoms with Crippen molar-refractivity contribution < 1.29 is 27.5 Å². The average Bonchev–Trinajstić information content (AvgIpc) is 3.23. The number of halogens is 3. The molecule has 37 heavy (non-hydrogen) atoms. The maximum Gasteiger partial charge on any atom is 0.344 e. The lowest BCUT2D eigenvalue weighted by Gasteiger charge is -2.35. The molecular weight excluding hydrogens is 485 g/mol. The van der Waals surface area contributed by atoms with Crippen LogP contribution in [0, 0.1) is 17.1 Å². The fourth-order valence-corrected chi connectivity index (χ4v) is 4.29. The van der Waals surface area contributed by atoms with E-state index in [1.807, 2.05) is 11.0 Å². The number of aromatic nitrogens is 1. The quantitative estimate of drug-likeness (QED) is 0.481. The van der Waals surface area contributed by atoms with E-state index in [0.29, 0.717) is 43.1 Å². The topological polar surface area (TPSA) is 86.5 Å². The number of carbonyl (C=O) groups is 2. The van der Waals surface area contributed by atoms with Gasteiger partial charge in [-0.1, -0.05) is 12.1 Å². The summed E-state index contributed by atoms with van der Waals surface area (Å²) in [6, 6.07) is 13.0. The fourth-order valence-electron chi connectivity index (χ4n) is 4.29. The van der Waals surface area contributed by atoms with Crippen LogP contribution in [0.25, 0.3) is 11.8 Å². The van der Waals surface area contributed by atoms with Crippen LogP contribution in [0.5, 0.6) is 0 Å². The molecule has 1 amide bonds. The number of amides is 1. The number of fused-ring (bicyclic) bond motifs is 1. The number of nitriles is 1. The number of nitrogens with zero attached hydrogens (tertiary/aromatic N) is 4. The molecule has 1 fully saturated rings. The van der Waals surface area contributed by atoms with Crippen LogP contribution in [-0.4, -0.2) is 47.9 Å². The lowest BCUT2D eigenvalue weighted by Crippen LogP contribution is -2.49. The summed E-state index contributed by atoms with van der Waals surface area (Å²) in [5.74, 6) is -1.13. The van der Waals surface area contributed by atoms with E-state index in [1.54, 1.807) is 12.1 Å². The Bertz CT molecular complexity index is 1460. The van der Waals surface area contributed by atoms with E-state index in [-0.39, 0.29) is 28.0 Å². The zero-order valence-electron chi connectivity index (χ0n) is 19.3. The van der Waals surface area contributed by atoms with Crippen molar-refractivity contribution in [2.45, 2.75) is 6.43 Å². The molecule has 0 spiro atoms. The largest absolute Gasteiger partial charge is 0.422 e. The van der Waals surface area contributed by atoms with Crippen LogP contribution in [0.1, 0.15) is 49.4 Å². The van der Waals surface area contributed by atoms with E-state index in [2.05, 4.69) is 4.98 Å². The Balaban J connectivity index is 1.34. The third kappa shape index (κ3) is 4.76. The maximum atomic E-state index is 14.7. The summed E-state index contributed by atoms with van der Waals surface area (Å²) in [7, 11) is 0. The molecule has 0 saturated carbocycles. The van der Waals surface area contributed by atoms with E-state index in [9.17, 15) is 22.8 Å². The Kier molecular flexibility index (Phi) is 6.36. The molecule has 186 valence electrons. The minimum Gasteiger partial charge on any atom is -0.422 e. The Morgan fingerprint density at radius 2 is 1.84 bits per heavy atom. The predicted octanol–water partition coefficient (Wildman–Crippen LogP) is 4.66. The van der Waals surface area contributed by atoms with Crippen molar-refractivity contribution in [2.75, 3.05) is 31.1 Å². The molecule has 2 aliphatic heterocycles. The summed E-state index contributed by atoms with van der Waals surface area (Å²) in [5.41, 5.74) is 0.797. The minimum atomic E-state index is -2.72. The summed E-state index contributed by atoms with van der Waals surface area (Å²) in [4.78, 5) is 33.1. The van der Waals surface area contributed by atoms with Crippen LogP contribution in [0.15, 0.2) is 54.7 Å². The van der Waals surface area contributed by atoms with Gasteiger partial charge in [-0.3, -0.25) is 4.79 Å².